The van der Waals surface area contributed by atoms with Crippen LogP contribution in [0.5, 0.6) is 0 Å². The fourth-order valence-electron chi connectivity index (χ4n) is 3.17. The third-order valence-electron chi connectivity index (χ3n) is 4.62. The summed E-state index contributed by atoms with van der Waals surface area (Å²) in [5.41, 5.74) is 0. The molecule has 2 rings (SSSR count). The van der Waals surface area contributed by atoms with Gasteiger partial charge in [-0.2, -0.15) is 0 Å². The minimum absolute atomic E-state index is 0.227. The lowest BCUT2D eigenvalue weighted by Gasteiger charge is -2.30. The van der Waals surface area contributed by atoms with E-state index in [1.54, 1.807) is 11.4 Å². The average molecular weight is 317 g/mol. The van der Waals surface area contributed by atoms with E-state index in [2.05, 4.69) is 11.7 Å². The van der Waals surface area contributed by atoms with E-state index in [0.717, 1.165) is 38.8 Å². The van der Waals surface area contributed by atoms with E-state index >= 15 is 0 Å². The van der Waals surface area contributed by atoms with Gasteiger partial charge in [-0.15, -0.1) is 0 Å². The molecule has 0 unspecified atom stereocenters. The Balaban J connectivity index is 1.64. The predicted octanol–water partition coefficient (Wildman–Crippen LogP) is 1.41. The Labute approximate surface area is 129 Å². The summed E-state index contributed by atoms with van der Waals surface area (Å²) in [6.07, 6.45) is 8.23. The SMILES string of the molecule is COC1CCN(S(=O)(=O)CCC[CH]C2CCNCC2)CC1. The predicted molar refractivity (Wildman–Crippen MR) is 84.5 cm³/mol. The van der Waals surface area contributed by atoms with E-state index in [9.17, 15) is 8.42 Å². The molecule has 2 aliphatic heterocycles. The first-order valence-corrected chi connectivity index (χ1v) is 9.77. The Kier molecular flexibility index (Phi) is 6.92. The van der Waals surface area contributed by atoms with E-state index in [1.165, 1.54) is 12.8 Å². The maximum absolute atomic E-state index is 12.3. The largest absolute Gasteiger partial charge is 0.381 e. The van der Waals surface area contributed by atoms with E-state index in [0.29, 0.717) is 19.0 Å². The molecule has 0 atom stereocenters. The zero-order chi connectivity index (χ0) is 15.1. The summed E-state index contributed by atoms with van der Waals surface area (Å²) in [5, 5.41) is 3.35. The van der Waals surface area contributed by atoms with Crippen molar-refractivity contribution in [3.8, 4) is 0 Å². The maximum Gasteiger partial charge on any atom is 0.214 e. The molecule has 2 fully saturated rings. The average Bonchev–Trinajstić information content (AvgIpc) is 2.53. The minimum atomic E-state index is -3.07. The van der Waals surface area contributed by atoms with Crippen LogP contribution in [0.15, 0.2) is 0 Å². The molecular formula is C15H29N2O3S. The Morgan fingerprint density at radius 2 is 1.86 bits per heavy atom. The standard InChI is InChI=1S/C15H29N2O3S/c1-20-15-7-11-17(12-8-15)21(18,19)13-3-2-4-14-5-9-16-10-6-14/h4,14-16H,2-3,5-13H2,1H3. The molecule has 21 heavy (non-hydrogen) atoms. The fourth-order valence-corrected chi connectivity index (χ4v) is 4.73. The van der Waals surface area contributed by atoms with Crippen LogP contribution < -0.4 is 5.32 Å². The van der Waals surface area contributed by atoms with Crippen LogP contribution in [-0.2, 0) is 14.8 Å². The molecule has 2 aliphatic rings. The Bertz CT molecular complexity index is 386. The molecule has 2 saturated heterocycles. The lowest BCUT2D eigenvalue weighted by Crippen LogP contribution is -2.41. The van der Waals surface area contributed by atoms with Crippen LogP contribution >= 0.6 is 0 Å². The second kappa shape index (κ2) is 8.46. The lowest BCUT2D eigenvalue weighted by molar-refractivity contribution is 0.0604. The highest BCUT2D eigenvalue weighted by Crippen LogP contribution is 2.20. The van der Waals surface area contributed by atoms with Gasteiger partial charge in [-0.25, -0.2) is 12.7 Å². The van der Waals surface area contributed by atoms with Gasteiger partial charge in [-0.3, -0.25) is 0 Å². The first-order chi connectivity index (χ1) is 10.1. The Hall–Kier alpha value is -0.170. The highest BCUT2D eigenvalue weighted by Gasteiger charge is 2.27. The number of methoxy groups -OCH3 is 1. The van der Waals surface area contributed by atoms with Crippen LogP contribution in [0.3, 0.4) is 0 Å². The van der Waals surface area contributed by atoms with Gasteiger partial charge in [-0.05, 0) is 64.0 Å². The summed E-state index contributed by atoms with van der Waals surface area (Å²) in [7, 11) is -1.37. The van der Waals surface area contributed by atoms with Gasteiger partial charge in [0.2, 0.25) is 10.0 Å². The Morgan fingerprint density at radius 1 is 1.19 bits per heavy atom. The minimum Gasteiger partial charge on any atom is -0.381 e. The van der Waals surface area contributed by atoms with Gasteiger partial charge in [0.1, 0.15) is 0 Å². The second-order valence-electron chi connectivity index (χ2n) is 6.12. The second-order valence-corrected chi connectivity index (χ2v) is 8.20. The summed E-state index contributed by atoms with van der Waals surface area (Å²) in [4.78, 5) is 0. The molecule has 123 valence electrons. The molecule has 0 saturated carbocycles. The molecular weight excluding hydrogens is 288 g/mol. The molecule has 0 amide bonds. The van der Waals surface area contributed by atoms with Crippen molar-refractivity contribution in [2.45, 2.75) is 44.6 Å². The van der Waals surface area contributed by atoms with Gasteiger partial charge in [0, 0.05) is 20.2 Å². The van der Waals surface area contributed by atoms with Crippen molar-refractivity contribution >= 4 is 10.0 Å². The molecule has 0 aliphatic carbocycles. The zero-order valence-corrected chi connectivity index (χ0v) is 13.9. The van der Waals surface area contributed by atoms with Crippen LogP contribution in [0.1, 0.15) is 38.5 Å². The van der Waals surface area contributed by atoms with Crippen molar-refractivity contribution < 1.29 is 13.2 Å². The number of unbranched alkanes of at least 4 members (excludes halogenated alkanes) is 1. The van der Waals surface area contributed by atoms with Gasteiger partial charge in [0.15, 0.2) is 0 Å². The molecule has 0 spiro atoms. The number of nitrogens with zero attached hydrogens (tertiary/aromatic N) is 1. The fraction of sp³-hybridized carbons (Fsp3) is 0.933. The summed E-state index contributed by atoms with van der Waals surface area (Å²) in [6, 6.07) is 0. The number of nitrogens with one attached hydrogen (secondary N) is 1. The molecule has 1 N–H and O–H groups in total. The number of hydrogen-bond acceptors (Lipinski definition) is 4. The first-order valence-electron chi connectivity index (χ1n) is 8.16. The monoisotopic (exact) mass is 317 g/mol. The van der Waals surface area contributed by atoms with E-state index in [1.807, 2.05) is 0 Å². The quantitative estimate of drug-likeness (QED) is 0.721. The van der Waals surface area contributed by atoms with Crippen molar-refractivity contribution in [3.63, 3.8) is 0 Å². The van der Waals surface area contributed by atoms with Gasteiger partial charge in [0.25, 0.3) is 0 Å². The molecule has 6 heteroatoms. The van der Waals surface area contributed by atoms with Crippen molar-refractivity contribution in [1.82, 2.24) is 9.62 Å². The molecule has 2 heterocycles. The number of sulfonamides is 1. The molecule has 5 nitrogen and oxygen atoms in total. The van der Waals surface area contributed by atoms with Gasteiger partial charge in [0.05, 0.1) is 11.9 Å². The molecule has 0 aromatic rings. The summed E-state index contributed by atoms with van der Waals surface area (Å²) >= 11 is 0. The van der Waals surface area contributed by atoms with Crippen LogP contribution in [-0.4, -0.2) is 57.9 Å². The zero-order valence-electron chi connectivity index (χ0n) is 13.1. The first kappa shape index (κ1) is 17.2. The van der Waals surface area contributed by atoms with Crippen LogP contribution in [0.2, 0.25) is 0 Å². The van der Waals surface area contributed by atoms with Gasteiger partial charge >= 0.3 is 0 Å². The van der Waals surface area contributed by atoms with Gasteiger partial charge < -0.3 is 10.1 Å². The topological polar surface area (TPSA) is 58.6 Å². The number of ether oxygens (including phenoxy) is 1. The van der Waals surface area contributed by atoms with E-state index < -0.39 is 10.0 Å². The summed E-state index contributed by atoms with van der Waals surface area (Å²) < 4.78 is 31.5. The van der Waals surface area contributed by atoms with Crippen molar-refractivity contribution in [3.05, 3.63) is 6.42 Å². The van der Waals surface area contributed by atoms with Crippen molar-refractivity contribution in [2.75, 3.05) is 39.0 Å². The molecule has 0 aromatic heterocycles. The highest BCUT2D eigenvalue weighted by atomic mass is 32.2. The third kappa shape index (κ3) is 5.51. The maximum atomic E-state index is 12.3. The molecule has 0 bridgehead atoms. The van der Waals surface area contributed by atoms with Crippen LogP contribution in [0.25, 0.3) is 0 Å². The van der Waals surface area contributed by atoms with Crippen LogP contribution in [0.4, 0.5) is 0 Å². The highest BCUT2D eigenvalue weighted by molar-refractivity contribution is 7.89. The molecule has 1 radical (unpaired) electrons. The summed E-state index contributed by atoms with van der Waals surface area (Å²) in [5.74, 6) is 0.956. The van der Waals surface area contributed by atoms with Crippen LogP contribution in [0, 0.1) is 12.3 Å². The van der Waals surface area contributed by atoms with Crippen molar-refractivity contribution in [1.29, 1.82) is 0 Å². The number of piperidine rings is 2. The molecule has 0 aromatic carbocycles. The lowest BCUT2D eigenvalue weighted by atomic mass is 9.93. The normalized spacial score (nSPS) is 23.5. The Morgan fingerprint density at radius 3 is 2.48 bits per heavy atom. The smallest absolute Gasteiger partial charge is 0.214 e. The number of hydrogen-bond donors (Lipinski definition) is 1. The van der Waals surface area contributed by atoms with E-state index in [4.69, 9.17) is 4.74 Å². The van der Waals surface area contributed by atoms with E-state index in [-0.39, 0.29) is 11.9 Å². The summed E-state index contributed by atoms with van der Waals surface area (Å²) in [6.45, 7) is 3.40. The third-order valence-corrected chi connectivity index (χ3v) is 6.57. The van der Waals surface area contributed by atoms with Crippen molar-refractivity contribution in [2.24, 2.45) is 5.92 Å². The van der Waals surface area contributed by atoms with Gasteiger partial charge in [-0.1, -0.05) is 0 Å². The number of rotatable bonds is 7.